The monoisotopic (exact) mass is 295 g/mol. The lowest BCUT2D eigenvalue weighted by Crippen LogP contribution is -2.45. The Morgan fingerprint density at radius 1 is 1.15 bits per heavy atom. The number of nitrogens with one attached hydrogen (secondary N) is 2. The van der Waals surface area contributed by atoms with Crippen LogP contribution in [0.2, 0.25) is 0 Å². The van der Waals surface area contributed by atoms with Crippen LogP contribution in [0.3, 0.4) is 0 Å². The third-order valence-electron chi connectivity index (χ3n) is 4.47. The van der Waals surface area contributed by atoms with E-state index in [2.05, 4.69) is 10.6 Å². The second kappa shape index (κ2) is 6.46. The SMILES string of the molecule is Cl.O=C(Nc1ccccc1)N1CCC2(CCNC2)CC1. The fourth-order valence-corrected chi connectivity index (χ4v) is 3.13. The van der Waals surface area contributed by atoms with E-state index in [0.717, 1.165) is 44.7 Å². The number of rotatable bonds is 1. The summed E-state index contributed by atoms with van der Waals surface area (Å²) in [4.78, 5) is 14.1. The molecule has 0 unspecified atom stereocenters. The summed E-state index contributed by atoms with van der Waals surface area (Å²) < 4.78 is 0. The van der Waals surface area contributed by atoms with Crippen molar-refractivity contribution in [2.24, 2.45) is 5.41 Å². The van der Waals surface area contributed by atoms with Gasteiger partial charge in [-0.3, -0.25) is 0 Å². The number of likely N-dealkylation sites (tertiary alicyclic amines) is 1. The molecule has 0 radical (unpaired) electrons. The molecule has 2 amide bonds. The summed E-state index contributed by atoms with van der Waals surface area (Å²) in [5, 5.41) is 6.41. The molecule has 20 heavy (non-hydrogen) atoms. The Kier molecular flexibility index (Phi) is 4.89. The first-order chi connectivity index (χ1) is 9.27. The molecule has 2 aliphatic heterocycles. The molecule has 1 aromatic rings. The minimum Gasteiger partial charge on any atom is -0.324 e. The number of hydrogen-bond donors (Lipinski definition) is 2. The van der Waals surface area contributed by atoms with Gasteiger partial charge < -0.3 is 15.5 Å². The van der Waals surface area contributed by atoms with Crippen LogP contribution in [0.5, 0.6) is 0 Å². The molecule has 1 aromatic carbocycles. The highest BCUT2D eigenvalue weighted by atomic mass is 35.5. The zero-order chi connectivity index (χ0) is 13.1. The van der Waals surface area contributed by atoms with Crippen molar-refractivity contribution >= 4 is 24.1 Å². The summed E-state index contributed by atoms with van der Waals surface area (Å²) in [6, 6.07) is 9.70. The van der Waals surface area contributed by atoms with E-state index >= 15 is 0 Å². The van der Waals surface area contributed by atoms with Crippen LogP contribution >= 0.6 is 12.4 Å². The molecule has 0 atom stereocenters. The Morgan fingerprint density at radius 3 is 2.45 bits per heavy atom. The van der Waals surface area contributed by atoms with Crippen LogP contribution in [-0.4, -0.2) is 37.1 Å². The second-order valence-corrected chi connectivity index (χ2v) is 5.71. The molecule has 2 N–H and O–H groups in total. The van der Waals surface area contributed by atoms with Crippen LogP contribution in [0.4, 0.5) is 10.5 Å². The maximum atomic E-state index is 12.2. The lowest BCUT2D eigenvalue weighted by Gasteiger charge is -2.38. The zero-order valence-corrected chi connectivity index (χ0v) is 12.4. The number of benzene rings is 1. The van der Waals surface area contributed by atoms with Gasteiger partial charge >= 0.3 is 6.03 Å². The molecule has 0 aromatic heterocycles. The Labute approximate surface area is 126 Å². The fourth-order valence-electron chi connectivity index (χ4n) is 3.13. The maximum Gasteiger partial charge on any atom is 0.321 e. The Hall–Kier alpha value is -1.26. The van der Waals surface area contributed by atoms with E-state index in [1.807, 2.05) is 35.2 Å². The van der Waals surface area contributed by atoms with Gasteiger partial charge in [-0.2, -0.15) is 0 Å². The largest absolute Gasteiger partial charge is 0.324 e. The van der Waals surface area contributed by atoms with Crippen molar-refractivity contribution in [2.45, 2.75) is 19.3 Å². The van der Waals surface area contributed by atoms with E-state index in [4.69, 9.17) is 0 Å². The molecule has 110 valence electrons. The van der Waals surface area contributed by atoms with Crippen molar-refractivity contribution < 1.29 is 4.79 Å². The highest BCUT2D eigenvalue weighted by Crippen LogP contribution is 2.36. The lowest BCUT2D eigenvalue weighted by molar-refractivity contribution is 0.137. The van der Waals surface area contributed by atoms with Crippen LogP contribution in [-0.2, 0) is 0 Å². The molecule has 1 spiro atoms. The number of carbonyl (C=O) groups excluding carboxylic acids is 1. The van der Waals surface area contributed by atoms with Crippen molar-refractivity contribution in [3.8, 4) is 0 Å². The van der Waals surface area contributed by atoms with E-state index in [-0.39, 0.29) is 18.4 Å². The van der Waals surface area contributed by atoms with Gasteiger partial charge in [-0.15, -0.1) is 12.4 Å². The quantitative estimate of drug-likeness (QED) is 0.837. The van der Waals surface area contributed by atoms with Gasteiger partial charge in [-0.25, -0.2) is 4.79 Å². The normalized spacial score (nSPS) is 20.5. The molecular formula is C15H22ClN3O. The summed E-state index contributed by atoms with van der Waals surface area (Å²) >= 11 is 0. The van der Waals surface area contributed by atoms with E-state index < -0.39 is 0 Å². The first kappa shape index (κ1) is 15.1. The number of nitrogens with zero attached hydrogens (tertiary/aromatic N) is 1. The summed E-state index contributed by atoms with van der Waals surface area (Å²) in [6.07, 6.45) is 3.52. The highest BCUT2D eigenvalue weighted by molar-refractivity contribution is 5.89. The molecule has 2 heterocycles. The molecule has 5 heteroatoms. The Morgan fingerprint density at radius 2 is 1.85 bits per heavy atom. The topological polar surface area (TPSA) is 44.4 Å². The molecule has 2 aliphatic rings. The summed E-state index contributed by atoms with van der Waals surface area (Å²) in [6.45, 7) is 4.01. The third-order valence-corrected chi connectivity index (χ3v) is 4.47. The number of amides is 2. The van der Waals surface area contributed by atoms with Crippen molar-refractivity contribution in [2.75, 3.05) is 31.5 Å². The van der Waals surface area contributed by atoms with Crippen molar-refractivity contribution in [1.29, 1.82) is 0 Å². The predicted octanol–water partition coefficient (Wildman–Crippen LogP) is 2.72. The highest BCUT2D eigenvalue weighted by Gasteiger charge is 2.37. The van der Waals surface area contributed by atoms with Crippen LogP contribution in [0.25, 0.3) is 0 Å². The smallest absolute Gasteiger partial charge is 0.321 e. The van der Waals surface area contributed by atoms with Gasteiger partial charge in [0.25, 0.3) is 0 Å². The number of piperidine rings is 1. The number of carbonyl (C=O) groups is 1. The van der Waals surface area contributed by atoms with Crippen molar-refractivity contribution in [3.05, 3.63) is 30.3 Å². The number of hydrogen-bond acceptors (Lipinski definition) is 2. The first-order valence-electron chi connectivity index (χ1n) is 7.09. The van der Waals surface area contributed by atoms with Crippen molar-refractivity contribution in [1.82, 2.24) is 10.2 Å². The average Bonchev–Trinajstić information content (AvgIpc) is 2.89. The van der Waals surface area contributed by atoms with E-state index in [1.165, 1.54) is 6.42 Å². The third kappa shape index (κ3) is 3.25. The van der Waals surface area contributed by atoms with Gasteiger partial charge in [0.2, 0.25) is 0 Å². The molecule has 2 saturated heterocycles. The van der Waals surface area contributed by atoms with Crippen LogP contribution in [0.1, 0.15) is 19.3 Å². The molecule has 3 rings (SSSR count). The van der Waals surface area contributed by atoms with E-state index in [0.29, 0.717) is 5.41 Å². The average molecular weight is 296 g/mol. The number of halogens is 1. The van der Waals surface area contributed by atoms with Gasteiger partial charge in [0, 0.05) is 25.3 Å². The van der Waals surface area contributed by atoms with Gasteiger partial charge in [0.05, 0.1) is 0 Å². The standard InChI is InChI=1S/C15H21N3O.ClH/c19-14(17-13-4-2-1-3-5-13)18-10-7-15(8-11-18)6-9-16-12-15;/h1-5,16H,6-12H2,(H,17,19);1H. The molecule has 0 aliphatic carbocycles. The van der Waals surface area contributed by atoms with Gasteiger partial charge in [0.1, 0.15) is 0 Å². The van der Waals surface area contributed by atoms with Gasteiger partial charge in [0.15, 0.2) is 0 Å². The summed E-state index contributed by atoms with van der Waals surface area (Å²) in [5.74, 6) is 0. The summed E-state index contributed by atoms with van der Waals surface area (Å²) in [5.41, 5.74) is 1.33. The first-order valence-corrected chi connectivity index (χ1v) is 7.09. The van der Waals surface area contributed by atoms with Gasteiger partial charge in [-0.05, 0) is 43.4 Å². The van der Waals surface area contributed by atoms with Crippen LogP contribution in [0, 0.1) is 5.41 Å². The molecule has 2 fully saturated rings. The molecule has 0 bridgehead atoms. The molecule has 4 nitrogen and oxygen atoms in total. The number of urea groups is 1. The molecular weight excluding hydrogens is 274 g/mol. The fraction of sp³-hybridized carbons (Fsp3) is 0.533. The van der Waals surface area contributed by atoms with Crippen LogP contribution in [0.15, 0.2) is 30.3 Å². The zero-order valence-electron chi connectivity index (χ0n) is 11.6. The predicted molar refractivity (Wildman–Crippen MR) is 83.4 cm³/mol. The van der Waals surface area contributed by atoms with E-state index in [9.17, 15) is 4.79 Å². The lowest BCUT2D eigenvalue weighted by atomic mass is 9.78. The number of anilines is 1. The Balaban J connectivity index is 0.00000147. The molecule has 0 saturated carbocycles. The van der Waals surface area contributed by atoms with Gasteiger partial charge in [-0.1, -0.05) is 18.2 Å². The maximum absolute atomic E-state index is 12.2. The number of para-hydroxylation sites is 1. The van der Waals surface area contributed by atoms with Crippen LogP contribution < -0.4 is 10.6 Å². The summed E-state index contributed by atoms with van der Waals surface area (Å²) in [7, 11) is 0. The second-order valence-electron chi connectivity index (χ2n) is 5.71. The minimum atomic E-state index is 0. The van der Waals surface area contributed by atoms with Crippen molar-refractivity contribution in [3.63, 3.8) is 0 Å². The minimum absolute atomic E-state index is 0. The Bertz CT molecular complexity index is 436. The van der Waals surface area contributed by atoms with E-state index in [1.54, 1.807) is 0 Å².